The molecule has 37 heavy (non-hydrogen) atoms. The number of nitrogens with two attached hydrogens (primary N) is 1. The highest BCUT2D eigenvalue weighted by atomic mass is 16.5. The van der Waals surface area contributed by atoms with E-state index >= 15 is 0 Å². The molecule has 1 fully saturated rings. The Bertz CT molecular complexity index is 1300. The molecule has 8 heteroatoms. The van der Waals surface area contributed by atoms with Gasteiger partial charge >= 0.3 is 0 Å². The summed E-state index contributed by atoms with van der Waals surface area (Å²) in [5.74, 6) is 7.79. The van der Waals surface area contributed by atoms with Crippen molar-refractivity contribution in [2.45, 2.75) is 26.7 Å². The summed E-state index contributed by atoms with van der Waals surface area (Å²) in [6, 6.07) is 11.9. The van der Waals surface area contributed by atoms with Crippen LogP contribution in [0.1, 0.15) is 37.8 Å². The molecule has 0 atom stereocenters. The molecular weight excluding hydrogens is 464 g/mol. The first-order valence-corrected chi connectivity index (χ1v) is 12.4. The number of aromatic nitrogens is 3. The van der Waals surface area contributed by atoms with Crippen LogP contribution in [-0.4, -0.2) is 53.6 Å². The minimum atomic E-state index is 0.174. The zero-order chi connectivity index (χ0) is 26.0. The molecule has 4 rings (SSSR count). The van der Waals surface area contributed by atoms with Gasteiger partial charge in [0.05, 0.1) is 18.9 Å². The summed E-state index contributed by atoms with van der Waals surface area (Å²) in [4.78, 5) is 27.0. The van der Waals surface area contributed by atoms with Crippen LogP contribution in [-0.2, 0) is 9.53 Å². The Labute approximate surface area is 218 Å². The van der Waals surface area contributed by atoms with Crippen molar-refractivity contribution in [3.8, 4) is 23.1 Å². The van der Waals surface area contributed by atoms with Crippen LogP contribution in [0, 0.1) is 11.8 Å². The van der Waals surface area contributed by atoms with Crippen LogP contribution < -0.4 is 16.0 Å². The second kappa shape index (κ2) is 12.7. The predicted octanol–water partition coefficient (Wildman–Crippen LogP) is 4.08. The number of ether oxygens (including phenoxy) is 1. The number of nitrogens with zero attached hydrogens (tertiary/aromatic N) is 4. The minimum absolute atomic E-state index is 0.174. The number of allylic oxidation sites excluding steroid dienone is 2. The summed E-state index contributed by atoms with van der Waals surface area (Å²) in [5.41, 5.74) is 11.0. The van der Waals surface area contributed by atoms with Crippen molar-refractivity contribution in [3.05, 3.63) is 71.6 Å². The van der Waals surface area contributed by atoms with Gasteiger partial charge in [-0.25, -0.2) is 15.0 Å². The number of benzene rings is 1. The van der Waals surface area contributed by atoms with Gasteiger partial charge in [0.2, 0.25) is 5.95 Å². The standard InChI is InChI=1S/C29H32N6O2/c1-21(2)16-26(36)4-3-11-31-25-9-7-22(8-10-25)5-6-23-17-27(24-19-32-29(30)33-20-24)34-28(18-23)35-12-14-37-15-13-35/h7-10,16-20,31H,3-4,11-15H2,1-2H3,(H2,30,32,33). The quantitative estimate of drug-likeness (QED) is 0.273. The van der Waals surface area contributed by atoms with Crippen LogP contribution in [0.5, 0.6) is 0 Å². The molecule has 1 aromatic carbocycles. The molecule has 190 valence electrons. The summed E-state index contributed by atoms with van der Waals surface area (Å²) in [5, 5.41) is 3.36. The molecule has 1 saturated heterocycles. The molecule has 2 aromatic heterocycles. The largest absolute Gasteiger partial charge is 0.385 e. The number of carbonyl (C=O) groups is 1. The normalized spacial score (nSPS) is 12.9. The van der Waals surface area contributed by atoms with Gasteiger partial charge in [-0.2, -0.15) is 0 Å². The molecule has 3 N–H and O–H groups in total. The second-order valence-electron chi connectivity index (χ2n) is 9.07. The van der Waals surface area contributed by atoms with Crippen molar-refractivity contribution in [3.63, 3.8) is 0 Å². The Morgan fingerprint density at radius 3 is 2.49 bits per heavy atom. The number of nitrogens with one attached hydrogen (secondary N) is 1. The van der Waals surface area contributed by atoms with Gasteiger partial charge in [-0.05, 0) is 62.7 Å². The van der Waals surface area contributed by atoms with Gasteiger partial charge < -0.3 is 20.7 Å². The molecule has 0 radical (unpaired) electrons. The Morgan fingerprint density at radius 1 is 1.08 bits per heavy atom. The number of hydrogen-bond donors (Lipinski definition) is 2. The summed E-state index contributed by atoms with van der Waals surface area (Å²) < 4.78 is 5.50. The molecule has 1 aliphatic rings. The first kappa shape index (κ1) is 25.9. The lowest BCUT2D eigenvalue weighted by Gasteiger charge is -2.28. The van der Waals surface area contributed by atoms with Gasteiger partial charge in [0, 0.05) is 60.8 Å². The Morgan fingerprint density at radius 2 is 1.78 bits per heavy atom. The van der Waals surface area contributed by atoms with E-state index in [0.29, 0.717) is 19.6 Å². The molecule has 1 aliphatic heterocycles. The van der Waals surface area contributed by atoms with Crippen LogP contribution in [0.15, 0.2) is 60.4 Å². The number of carbonyl (C=O) groups excluding carboxylic acids is 1. The number of hydrogen-bond acceptors (Lipinski definition) is 8. The van der Waals surface area contributed by atoms with Gasteiger partial charge in [-0.15, -0.1) is 0 Å². The summed E-state index contributed by atoms with van der Waals surface area (Å²) >= 11 is 0. The van der Waals surface area contributed by atoms with Crippen LogP contribution in [0.25, 0.3) is 11.3 Å². The van der Waals surface area contributed by atoms with Crippen LogP contribution >= 0.6 is 0 Å². The zero-order valence-electron chi connectivity index (χ0n) is 21.3. The average Bonchev–Trinajstić information content (AvgIpc) is 2.91. The molecule has 0 aliphatic carbocycles. The molecule has 3 aromatic rings. The van der Waals surface area contributed by atoms with Gasteiger partial charge in [-0.3, -0.25) is 4.79 Å². The van der Waals surface area contributed by atoms with Crippen molar-refractivity contribution in [1.82, 2.24) is 15.0 Å². The van der Waals surface area contributed by atoms with Crippen molar-refractivity contribution in [2.24, 2.45) is 0 Å². The average molecular weight is 497 g/mol. The monoisotopic (exact) mass is 496 g/mol. The van der Waals surface area contributed by atoms with E-state index in [9.17, 15) is 4.79 Å². The third-order valence-corrected chi connectivity index (χ3v) is 5.73. The van der Waals surface area contributed by atoms with E-state index in [-0.39, 0.29) is 11.7 Å². The molecule has 0 saturated carbocycles. The van der Waals surface area contributed by atoms with Gasteiger partial charge in [-0.1, -0.05) is 17.4 Å². The molecule has 8 nitrogen and oxygen atoms in total. The smallest absolute Gasteiger partial charge is 0.219 e. The number of nitrogen functional groups attached to an aromatic ring is 1. The predicted molar refractivity (Wildman–Crippen MR) is 147 cm³/mol. The summed E-state index contributed by atoms with van der Waals surface area (Å²) in [7, 11) is 0. The highest BCUT2D eigenvalue weighted by molar-refractivity contribution is 5.90. The third-order valence-electron chi connectivity index (χ3n) is 5.73. The fourth-order valence-corrected chi connectivity index (χ4v) is 3.87. The van der Waals surface area contributed by atoms with E-state index in [0.717, 1.165) is 65.5 Å². The molecule has 3 heterocycles. The fraction of sp³-hybridized carbons (Fsp3) is 0.310. The second-order valence-corrected chi connectivity index (χ2v) is 9.07. The van der Waals surface area contributed by atoms with Crippen LogP contribution in [0.3, 0.4) is 0 Å². The van der Waals surface area contributed by atoms with E-state index in [2.05, 4.69) is 32.0 Å². The van der Waals surface area contributed by atoms with Crippen LogP contribution in [0.4, 0.5) is 17.5 Å². The van der Waals surface area contributed by atoms with Crippen LogP contribution in [0.2, 0.25) is 0 Å². The first-order chi connectivity index (χ1) is 18.0. The van der Waals surface area contributed by atoms with Gasteiger partial charge in [0.1, 0.15) is 5.82 Å². The topological polar surface area (TPSA) is 106 Å². The molecule has 0 amide bonds. The maximum absolute atomic E-state index is 11.8. The number of rotatable bonds is 8. The van der Waals surface area contributed by atoms with Crippen molar-refractivity contribution < 1.29 is 9.53 Å². The van der Waals surface area contributed by atoms with Crippen molar-refractivity contribution >= 4 is 23.2 Å². The SMILES string of the molecule is CC(C)=CC(=O)CCCNc1ccc(C#Cc2cc(-c3cnc(N)nc3)nc(N3CCOCC3)c2)cc1. The highest BCUT2D eigenvalue weighted by Crippen LogP contribution is 2.23. The number of ketones is 1. The Balaban J connectivity index is 1.45. The summed E-state index contributed by atoms with van der Waals surface area (Å²) in [6.07, 6.45) is 6.39. The molecular formula is C29H32N6O2. The van der Waals surface area contributed by atoms with Gasteiger partial charge in [0.25, 0.3) is 0 Å². The minimum Gasteiger partial charge on any atom is -0.385 e. The lowest BCUT2D eigenvalue weighted by Crippen LogP contribution is -2.36. The number of morpholine rings is 1. The highest BCUT2D eigenvalue weighted by Gasteiger charge is 2.15. The van der Waals surface area contributed by atoms with E-state index in [4.69, 9.17) is 15.5 Å². The molecule has 0 bridgehead atoms. The molecule has 0 spiro atoms. The first-order valence-electron chi connectivity index (χ1n) is 12.4. The maximum Gasteiger partial charge on any atom is 0.219 e. The van der Waals surface area contributed by atoms with Crippen molar-refractivity contribution in [2.75, 3.05) is 48.8 Å². The van der Waals surface area contributed by atoms with Gasteiger partial charge in [0.15, 0.2) is 5.78 Å². The lowest BCUT2D eigenvalue weighted by molar-refractivity contribution is -0.114. The zero-order valence-corrected chi connectivity index (χ0v) is 21.3. The van der Waals surface area contributed by atoms with Crippen molar-refractivity contribution in [1.29, 1.82) is 0 Å². The Kier molecular flexibility index (Phi) is 8.84. The fourth-order valence-electron chi connectivity index (χ4n) is 3.87. The van der Waals surface area contributed by atoms with E-state index in [1.54, 1.807) is 18.5 Å². The number of pyridine rings is 1. The summed E-state index contributed by atoms with van der Waals surface area (Å²) in [6.45, 7) is 7.51. The maximum atomic E-state index is 11.8. The number of anilines is 3. The van der Waals surface area contributed by atoms with E-state index in [1.165, 1.54) is 0 Å². The molecule has 0 unspecified atom stereocenters. The van der Waals surface area contributed by atoms with E-state index < -0.39 is 0 Å². The lowest BCUT2D eigenvalue weighted by atomic mass is 10.1. The third kappa shape index (κ3) is 7.89. The van der Waals surface area contributed by atoms with E-state index in [1.807, 2.05) is 50.2 Å². The Hall–Kier alpha value is -4.22.